The molecule has 1 aromatic rings. The average molecular weight is 334 g/mol. The highest BCUT2D eigenvalue weighted by Crippen LogP contribution is 2.35. The molecule has 2 unspecified atom stereocenters. The van der Waals surface area contributed by atoms with Gasteiger partial charge in [0, 0.05) is 11.6 Å². The third-order valence-electron chi connectivity index (χ3n) is 2.99. The van der Waals surface area contributed by atoms with Crippen molar-refractivity contribution in [2.45, 2.75) is 24.3 Å². The maximum Gasteiger partial charge on any atom is 0.243 e. The van der Waals surface area contributed by atoms with Gasteiger partial charge in [-0.15, -0.1) is 0 Å². The van der Waals surface area contributed by atoms with Gasteiger partial charge in [-0.2, -0.15) is 0 Å². The third-order valence-corrected chi connectivity index (χ3v) is 5.41. The van der Waals surface area contributed by atoms with E-state index in [4.69, 9.17) is 28.3 Å². The second-order valence-corrected chi connectivity index (χ2v) is 7.13. The quantitative estimate of drug-likeness (QED) is 0.831. The van der Waals surface area contributed by atoms with Crippen molar-refractivity contribution in [3.05, 3.63) is 27.7 Å². The van der Waals surface area contributed by atoms with Crippen molar-refractivity contribution in [2.75, 3.05) is 6.61 Å². The zero-order valence-electron chi connectivity index (χ0n) is 10.7. The number of sulfonamides is 1. The van der Waals surface area contributed by atoms with Crippen molar-refractivity contribution in [1.82, 2.24) is 4.72 Å². The summed E-state index contributed by atoms with van der Waals surface area (Å²) in [6, 6.07) is 2.78. The Bertz CT molecular complexity index is 668. The molecule has 2 atom stereocenters. The molecule has 1 aliphatic carbocycles. The molecule has 1 aromatic carbocycles. The summed E-state index contributed by atoms with van der Waals surface area (Å²) in [5.41, 5.74) is 0.452. The predicted molar refractivity (Wildman–Crippen MR) is 78.3 cm³/mol. The van der Waals surface area contributed by atoms with E-state index in [0.29, 0.717) is 11.5 Å². The molecule has 0 amide bonds. The summed E-state index contributed by atoms with van der Waals surface area (Å²) in [5, 5.41) is 8.66. The molecule has 108 valence electrons. The molecule has 0 bridgehead atoms. The molecule has 0 spiro atoms. The van der Waals surface area contributed by atoms with Crippen LogP contribution in [0.2, 0.25) is 10.0 Å². The van der Waals surface area contributed by atoms with Gasteiger partial charge in [-0.1, -0.05) is 42.0 Å². The van der Waals surface area contributed by atoms with Crippen LogP contribution in [0.3, 0.4) is 0 Å². The molecule has 1 aliphatic rings. The van der Waals surface area contributed by atoms with Crippen LogP contribution >= 0.6 is 23.2 Å². The first-order valence-electron chi connectivity index (χ1n) is 5.96. The van der Waals surface area contributed by atoms with E-state index in [1.165, 1.54) is 12.1 Å². The second-order valence-electron chi connectivity index (χ2n) is 4.67. The first kappa shape index (κ1) is 15.6. The normalized spacial score (nSPS) is 21.2. The Morgan fingerprint density at radius 1 is 1.40 bits per heavy atom. The average Bonchev–Trinajstić information content (AvgIpc) is 2.99. The van der Waals surface area contributed by atoms with E-state index in [9.17, 15) is 8.42 Å². The molecule has 2 rings (SSSR count). The first-order chi connectivity index (χ1) is 9.35. The number of halogens is 2. The van der Waals surface area contributed by atoms with Crippen LogP contribution in [0.4, 0.5) is 0 Å². The number of hydrogen-bond acceptors (Lipinski definition) is 3. The topological polar surface area (TPSA) is 66.4 Å². The minimum Gasteiger partial charge on any atom is -0.384 e. The van der Waals surface area contributed by atoms with Crippen LogP contribution in [-0.4, -0.2) is 26.2 Å². The molecule has 2 N–H and O–H groups in total. The first-order valence-corrected chi connectivity index (χ1v) is 8.20. The zero-order valence-corrected chi connectivity index (χ0v) is 13.0. The summed E-state index contributed by atoms with van der Waals surface area (Å²) in [5.74, 6) is 5.41. The summed E-state index contributed by atoms with van der Waals surface area (Å²) in [6.45, 7) is 1.67. The molecule has 20 heavy (non-hydrogen) atoms. The van der Waals surface area contributed by atoms with Crippen LogP contribution in [0, 0.1) is 17.8 Å². The van der Waals surface area contributed by atoms with Crippen LogP contribution in [0.5, 0.6) is 0 Å². The van der Waals surface area contributed by atoms with Gasteiger partial charge in [-0.05, 0) is 24.5 Å². The monoisotopic (exact) mass is 333 g/mol. The molecule has 0 aromatic heterocycles. The minimum absolute atomic E-state index is 0.0144. The van der Waals surface area contributed by atoms with Gasteiger partial charge in [0.15, 0.2) is 0 Å². The number of aliphatic hydroxyl groups excluding tert-OH is 1. The largest absolute Gasteiger partial charge is 0.384 e. The number of benzene rings is 1. The van der Waals surface area contributed by atoms with E-state index >= 15 is 0 Å². The predicted octanol–water partition coefficient (Wildman–Crippen LogP) is 2.02. The molecule has 1 saturated carbocycles. The number of nitrogens with one attached hydrogen (secondary N) is 1. The van der Waals surface area contributed by atoms with Crippen molar-refractivity contribution < 1.29 is 13.5 Å². The lowest BCUT2D eigenvalue weighted by molar-refractivity contribution is 0.350. The highest BCUT2D eigenvalue weighted by atomic mass is 35.5. The van der Waals surface area contributed by atoms with Gasteiger partial charge in [-0.3, -0.25) is 0 Å². The Hall–Kier alpha value is -0.770. The smallest absolute Gasteiger partial charge is 0.243 e. The molecule has 4 nitrogen and oxygen atoms in total. The van der Waals surface area contributed by atoms with Gasteiger partial charge in [-0.25, -0.2) is 13.1 Å². The lowest BCUT2D eigenvalue weighted by atomic mass is 10.2. The molecule has 0 radical (unpaired) electrons. The van der Waals surface area contributed by atoms with E-state index in [2.05, 4.69) is 16.6 Å². The highest BCUT2D eigenvalue weighted by Gasteiger charge is 2.37. The van der Waals surface area contributed by atoms with Gasteiger partial charge in [0.05, 0.1) is 10.0 Å². The number of hydrogen-bond donors (Lipinski definition) is 2. The maximum atomic E-state index is 12.2. The Kier molecular flexibility index (Phi) is 4.62. The molecule has 0 saturated heterocycles. The van der Waals surface area contributed by atoms with Gasteiger partial charge in [0.1, 0.15) is 11.5 Å². The molecule has 0 heterocycles. The van der Waals surface area contributed by atoms with E-state index in [1.54, 1.807) is 0 Å². The van der Waals surface area contributed by atoms with E-state index in [-0.39, 0.29) is 27.6 Å². The Balaban J connectivity index is 2.37. The van der Waals surface area contributed by atoms with E-state index in [0.717, 1.165) is 6.42 Å². The fraction of sp³-hybridized carbons (Fsp3) is 0.385. The Morgan fingerprint density at radius 2 is 1.95 bits per heavy atom. The minimum atomic E-state index is -3.74. The van der Waals surface area contributed by atoms with Crippen LogP contribution in [0.25, 0.3) is 0 Å². The van der Waals surface area contributed by atoms with Crippen molar-refractivity contribution in [3.63, 3.8) is 0 Å². The number of rotatable bonds is 3. The van der Waals surface area contributed by atoms with Crippen molar-refractivity contribution in [2.24, 2.45) is 5.92 Å². The van der Waals surface area contributed by atoms with Gasteiger partial charge in [0.25, 0.3) is 0 Å². The molecular weight excluding hydrogens is 321 g/mol. The van der Waals surface area contributed by atoms with Crippen molar-refractivity contribution in [3.8, 4) is 11.8 Å². The fourth-order valence-corrected chi connectivity index (χ4v) is 4.35. The van der Waals surface area contributed by atoms with Gasteiger partial charge < -0.3 is 5.11 Å². The zero-order chi connectivity index (χ0) is 14.9. The summed E-state index contributed by atoms with van der Waals surface area (Å²) in [6.07, 6.45) is 0.814. The third kappa shape index (κ3) is 3.46. The Morgan fingerprint density at radius 3 is 2.40 bits per heavy atom. The van der Waals surface area contributed by atoms with E-state index in [1.807, 2.05) is 6.92 Å². The van der Waals surface area contributed by atoms with Gasteiger partial charge >= 0.3 is 0 Å². The van der Waals surface area contributed by atoms with Crippen molar-refractivity contribution >= 4 is 33.2 Å². The highest BCUT2D eigenvalue weighted by molar-refractivity contribution is 7.89. The SMILES string of the molecule is CC1CC1NS(=O)(=O)c1c(Cl)cc(C#CCO)cc1Cl. The second kappa shape index (κ2) is 5.92. The molecule has 1 fully saturated rings. The fourth-order valence-electron chi connectivity index (χ4n) is 1.77. The van der Waals surface area contributed by atoms with Crippen molar-refractivity contribution in [1.29, 1.82) is 0 Å². The van der Waals surface area contributed by atoms with Crippen LogP contribution in [0.15, 0.2) is 17.0 Å². The lowest BCUT2D eigenvalue weighted by Crippen LogP contribution is -2.27. The molecular formula is C13H13Cl2NO3S. The summed E-state index contributed by atoms with van der Waals surface area (Å²) < 4.78 is 27.0. The van der Waals surface area contributed by atoms with E-state index < -0.39 is 10.0 Å². The lowest BCUT2D eigenvalue weighted by Gasteiger charge is -2.10. The Labute approximate surface area is 128 Å². The molecule has 7 heteroatoms. The maximum absolute atomic E-state index is 12.2. The summed E-state index contributed by atoms with van der Waals surface area (Å²) in [4.78, 5) is -0.130. The summed E-state index contributed by atoms with van der Waals surface area (Å²) in [7, 11) is -3.74. The molecule has 0 aliphatic heterocycles. The number of aliphatic hydroxyl groups is 1. The van der Waals surface area contributed by atoms with Crippen LogP contribution < -0.4 is 4.72 Å². The van der Waals surface area contributed by atoms with Gasteiger partial charge in [0.2, 0.25) is 10.0 Å². The van der Waals surface area contributed by atoms with Crippen LogP contribution in [0.1, 0.15) is 18.9 Å². The standard InChI is InChI=1S/C13H13Cl2NO3S/c1-8-5-12(8)16-20(18,19)13-10(14)6-9(3-2-4-17)7-11(13)15/h6-8,12,16-17H,4-5H2,1H3. The van der Waals surface area contributed by atoms with Crippen LogP contribution in [-0.2, 0) is 10.0 Å². The summed E-state index contributed by atoms with van der Waals surface area (Å²) >= 11 is 12.0.